The second-order valence-corrected chi connectivity index (χ2v) is 7.63. The van der Waals surface area contributed by atoms with Gasteiger partial charge in [0.2, 0.25) is 5.91 Å². The van der Waals surface area contributed by atoms with Crippen LogP contribution in [0, 0.1) is 12.3 Å². The van der Waals surface area contributed by atoms with E-state index in [4.69, 9.17) is 9.47 Å². The van der Waals surface area contributed by atoms with Crippen LogP contribution in [-0.2, 0) is 14.9 Å². The maximum absolute atomic E-state index is 13.0. The van der Waals surface area contributed by atoms with Gasteiger partial charge in [-0.1, -0.05) is 12.1 Å². The molecule has 0 unspecified atom stereocenters. The molecule has 1 aliphatic carbocycles. The Kier molecular flexibility index (Phi) is 5.35. The van der Waals surface area contributed by atoms with Crippen molar-refractivity contribution in [1.82, 2.24) is 10.6 Å². The van der Waals surface area contributed by atoms with Crippen LogP contribution in [0.5, 0.6) is 5.75 Å². The summed E-state index contributed by atoms with van der Waals surface area (Å²) in [6.45, 7) is 5.37. The number of amides is 1. The van der Waals surface area contributed by atoms with Crippen LogP contribution in [0.15, 0.2) is 18.2 Å². The molecular formula is C20H30N2O3. The van der Waals surface area contributed by atoms with Gasteiger partial charge < -0.3 is 20.1 Å². The molecular weight excluding hydrogens is 316 g/mol. The lowest BCUT2D eigenvalue weighted by Gasteiger charge is -2.37. The summed E-state index contributed by atoms with van der Waals surface area (Å²) in [6.07, 6.45) is 3.88. The van der Waals surface area contributed by atoms with Crippen molar-refractivity contribution < 1.29 is 14.3 Å². The molecule has 1 saturated carbocycles. The van der Waals surface area contributed by atoms with Crippen molar-refractivity contribution in [3.05, 3.63) is 29.3 Å². The van der Waals surface area contributed by atoms with E-state index in [1.165, 1.54) is 0 Å². The number of carbonyl (C=O) groups is 1. The molecule has 5 heteroatoms. The summed E-state index contributed by atoms with van der Waals surface area (Å²) >= 11 is 0. The van der Waals surface area contributed by atoms with Crippen molar-refractivity contribution in [2.24, 2.45) is 5.41 Å². The Labute approximate surface area is 150 Å². The Morgan fingerprint density at radius 2 is 1.92 bits per heavy atom. The molecule has 1 aromatic carbocycles. The fourth-order valence-corrected chi connectivity index (χ4v) is 3.96. The quantitative estimate of drug-likeness (QED) is 0.794. The maximum Gasteiger partial charge on any atom is 0.230 e. The van der Waals surface area contributed by atoms with Gasteiger partial charge in [0, 0.05) is 19.1 Å². The number of piperidine rings is 1. The minimum absolute atomic E-state index is 0.0523. The number of methoxy groups -OCH3 is 2. The lowest BCUT2D eigenvalue weighted by molar-refractivity contribution is -0.124. The molecule has 1 saturated heterocycles. The van der Waals surface area contributed by atoms with Crippen molar-refractivity contribution in [1.29, 1.82) is 0 Å². The highest BCUT2D eigenvalue weighted by Crippen LogP contribution is 2.49. The van der Waals surface area contributed by atoms with Crippen LogP contribution in [0.3, 0.4) is 0 Å². The molecule has 5 nitrogen and oxygen atoms in total. The number of aryl methyl sites for hydroxylation is 1. The third-order valence-electron chi connectivity index (χ3n) is 5.88. The number of nitrogens with one attached hydrogen (secondary N) is 2. The number of hydrogen-bond acceptors (Lipinski definition) is 4. The summed E-state index contributed by atoms with van der Waals surface area (Å²) in [6, 6.07) is 6.14. The average Bonchev–Trinajstić information content (AvgIpc) is 3.43. The van der Waals surface area contributed by atoms with Crippen LogP contribution in [0.25, 0.3) is 0 Å². The van der Waals surface area contributed by atoms with Crippen molar-refractivity contribution in [2.45, 2.75) is 38.0 Å². The molecule has 1 heterocycles. The largest absolute Gasteiger partial charge is 0.496 e. The topological polar surface area (TPSA) is 59.6 Å². The number of ether oxygens (including phenoxy) is 2. The van der Waals surface area contributed by atoms with Crippen LogP contribution >= 0.6 is 0 Å². The number of rotatable bonds is 7. The molecule has 2 aliphatic rings. The predicted octanol–water partition coefficient (Wildman–Crippen LogP) is 2.17. The molecule has 2 fully saturated rings. The Morgan fingerprint density at radius 1 is 1.20 bits per heavy atom. The van der Waals surface area contributed by atoms with Gasteiger partial charge in [-0.2, -0.15) is 0 Å². The minimum atomic E-state index is -0.373. The third kappa shape index (κ3) is 3.67. The van der Waals surface area contributed by atoms with Crippen molar-refractivity contribution >= 4 is 5.91 Å². The highest BCUT2D eigenvalue weighted by Gasteiger charge is 2.51. The first-order valence-corrected chi connectivity index (χ1v) is 9.18. The van der Waals surface area contributed by atoms with Crippen molar-refractivity contribution in [3.8, 4) is 5.75 Å². The first-order valence-electron chi connectivity index (χ1n) is 9.18. The van der Waals surface area contributed by atoms with E-state index in [1.807, 2.05) is 19.1 Å². The molecule has 0 bridgehead atoms. The molecule has 138 valence electrons. The Morgan fingerprint density at radius 3 is 2.52 bits per heavy atom. The fourth-order valence-electron chi connectivity index (χ4n) is 3.96. The normalized spacial score (nSPS) is 20.8. The van der Waals surface area contributed by atoms with Gasteiger partial charge in [-0.05, 0) is 62.9 Å². The molecule has 1 amide bonds. The summed E-state index contributed by atoms with van der Waals surface area (Å²) in [7, 11) is 3.42. The Balaban J connectivity index is 1.70. The highest BCUT2D eigenvalue weighted by atomic mass is 16.5. The SMILES string of the molecule is COCC1(CNC(=O)C2(c3ccc(C)c(OC)c3)CC2)CCNCC1. The van der Waals surface area contributed by atoms with E-state index in [0.29, 0.717) is 13.2 Å². The van der Waals surface area contributed by atoms with E-state index in [0.717, 1.165) is 55.6 Å². The number of carbonyl (C=O) groups excluding carboxylic acids is 1. The van der Waals surface area contributed by atoms with Gasteiger partial charge in [-0.15, -0.1) is 0 Å². The minimum Gasteiger partial charge on any atom is -0.496 e. The lowest BCUT2D eigenvalue weighted by atomic mass is 9.79. The van der Waals surface area contributed by atoms with E-state index >= 15 is 0 Å². The van der Waals surface area contributed by atoms with E-state index in [-0.39, 0.29) is 16.7 Å². The van der Waals surface area contributed by atoms with Crippen LogP contribution < -0.4 is 15.4 Å². The zero-order valence-electron chi connectivity index (χ0n) is 15.6. The van der Waals surface area contributed by atoms with E-state index in [1.54, 1.807) is 14.2 Å². The smallest absolute Gasteiger partial charge is 0.230 e. The van der Waals surface area contributed by atoms with Crippen LogP contribution in [-0.4, -0.2) is 46.4 Å². The van der Waals surface area contributed by atoms with Gasteiger partial charge in [-0.3, -0.25) is 4.79 Å². The Hall–Kier alpha value is -1.59. The first-order chi connectivity index (χ1) is 12.1. The summed E-state index contributed by atoms with van der Waals surface area (Å²) in [4.78, 5) is 13.0. The van der Waals surface area contributed by atoms with Gasteiger partial charge in [0.15, 0.2) is 0 Å². The van der Waals surface area contributed by atoms with Crippen LogP contribution in [0.1, 0.15) is 36.8 Å². The second-order valence-electron chi connectivity index (χ2n) is 7.63. The number of benzene rings is 1. The molecule has 2 N–H and O–H groups in total. The molecule has 1 aliphatic heterocycles. The fraction of sp³-hybridized carbons (Fsp3) is 0.650. The third-order valence-corrected chi connectivity index (χ3v) is 5.88. The second kappa shape index (κ2) is 7.34. The van der Waals surface area contributed by atoms with E-state index < -0.39 is 0 Å². The van der Waals surface area contributed by atoms with Gasteiger partial charge >= 0.3 is 0 Å². The van der Waals surface area contributed by atoms with Gasteiger partial charge in [0.25, 0.3) is 0 Å². The zero-order chi connectivity index (χ0) is 17.9. The van der Waals surface area contributed by atoms with E-state index in [9.17, 15) is 4.79 Å². The lowest BCUT2D eigenvalue weighted by Crippen LogP contribution is -2.49. The predicted molar refractivity (Wildman–Crippen MR) is 98.1 cm³/mol. The first kappa shape index (κ1) is 18.2. The molecule has 25 heavy (non-hydrogen) atoms. The summed E-state index contributed by atoms with van der Waals surface area (Å²) in [5.74, 6) is 0.998. The van der Waals surface area contributed by atoms with Crippen LogP contribution in [0.4, 0.5) is 0 Å². The van der Waals surface area contributed by atoms with E-state index in [2.05, 4.69) is 16.7 Å². The molecule has 0 aromatic heterocycles. The summed E-state index contributed by atoms with van der Waals surface area (Å²) in [5.41, 5.74) is 1.84. The van der Waals surface area contributed by atoms with Gasteiger partial charge in [0.1, 0.15) is 5.75 Å². The summed E-state index contributed by atoms with van der Waals surface area (Å²) < 4.78 is 10.9. The Bertz CT molecular complexity index is 614. The monoisotopic (exact) mass is 346 g/mol. The average molecular weight is 346 g/mol. The van der Waals surface area contributed by atoms with Gasteiger partial charge in [-0.25, -0.2) is 0 Å². The molecule has 1 aromatic rings. The van der Waals surface area contributed by atoms with Crippen molar-refractivity contribution in [2.75, 3.05) is 40.5 Å². The molecule has 0 atom stereocenters. The molecule has 0 spiro atoms. The van der Waals surface area contributed by atoms with Crippen molar-refractivity contribution in [3.63, 3.8) is 0 Å². The van der Waals surface area contributed by atoms with Crippen LogP contribution in [0.2, 0.25) is 0 Å². The van der Waals surface area contributed by atoms with Gasteiger partial charge in [0.05, 0.1) is 19.1 Å². The standard InChI is InChI=1S/C20H30N2O3/c1-15-4-5-16(12-17(15)25-3)20(6-7-20)18(23)22-13-19(14-24-2)8-10-21-11-9-19/h4-5,12,21H,6-11,13-14H2,1-3H3,(H,22,23). The molecule has 0 radical (unpaired) electrons. The zero-order valence-corrected chi connectivity index (χ0v) is 15.6. The highest BCUT2D eigenvalue weighted by molar-refractivity contribution is 5.91. The summed E-state index contributed by atoms with van der Waals surface area (Å²) in [5, 5.41) is 6.63. The molecule has 3 rings (SSSR count). The number of hydrogen-bond donors (Lipinski definition) is 2. The maximum atomic E-state index is 13.0.